The molecule has 0 fully saturated rings. The van der Waals surface area contributed by atoms with E-state index >= 15 is 0 Å². The van der Waals surface area contributed by atoms with Crippen molar-refractivity contribution in [3.8, 4) is 11.4 Å². The van der Waals surface area contributed by atoms with Gasteiger partial charge in [0.15, 0.2) is 6.10 Å². The van der Waals surface area contributed by atoms with Crippen molar-refractivity contribution in [2.75, 3.05) is 7.11 Å². The molecular weight excluding hydrogens is 403 g/mol. The number of halogens is 1. The van der Waals surface area contributed by atoms with Gasteiger partial charge in [0.1, 0.15) is 12.4 Å². The predicted molar refractivity (Wildman–Crippen MR) is 108 cm³/mol. The van der Waals surface area contributed by atoms with E-state index in [2.05, 4.69) is 0 Å². The Morgan fingerprint density at radius 1 is 1.26 bits per heavy atom. The Hall–Kier alpha value is -3.10. The molecule has 1 N–H and O–H groups in total. The van der Waals surface area contributed by atoms with Crippen LogP contribution < -0.4 is 5.56 Å². The number of aryl methyl sites for hydroxylation is 1. The number of ether oxygens (including phenoxy) is 2. The van der Waals surface area contributed by atoms with Gasteiger partial charge in [-0.15, -0.1) is 0 Å². The van der Waals surface area contributed by atoms with E-state index in [1.807, 2.05) is 0 Å². The summed E-state index contributed by atoms with van der Waals surface area (Å²) in [7, 11) is 1.65. The lowest BCUT2D eigenvalue weighted by atomic mass is 9.83. The van der Waals surface area contributed by atoms with Gasteiger partial charge < -0.3 is 19.1 Å². The highest BCUT2D eigenvalue weighted by Crippen LogP contribution is 2.46. The molecule has 2 aliphatic heterocycles. The van der Waals surface area contributed by atoms with Gasteiger partial charge in [-0.25, -0.2) is 14.2 Å². The molecule has 2 aromatic heterocycles. The molecule has 1 aliphatic carbocycles. The summed E-state index contributed by atoms with van der Waals surface area (Å²) in [6, 6.07) is 3.07. The van der Waals surface area contributed by atoms with Crippen molar-refractivity contribution in [2.45, 2.75) is 45.1 Å². The van der Waals surface area contributed by atoms with Crippen LogP contribution in [-0.4, -0.2) is 27.7 Å². The highest BCUT2D eigenvalue weighted by Gasteiger charge is 2.37. The molecule has 1 aromatic carbocycles. The average Bonchev–Trinajstić information content (AvgIpc) is 3.13. The third kappa shape index (κ3) is 2.31. The van der Waals surface area contributed by atoms with Crippen LogP contribution >= 0.6 is 0 Å². The number of pyridine rings is 2. The van der Waals surface area contributed by atoms with Gasteiger partial charge in [-0.05, 0) is 42.5 Å². The minimum Gasteiger partial charge on any atom is -0.458 e. The molecule has 8 heteroatoms. The van der Waals surface area contributed by atoms with Crippen molar-refractivity contribution in [2.24, 2.45) is 0 Å². The van der Waals surface area contributed by atoms with Crippen LogP contribution in [0.3, 0.4) is 0 Å². The summed E-state index contributed by atoms with van der Waals surface area (Å²) in [5, 5.41) is 11.2. The fourth-order valence-electron chi connectivity index (χ4n) is 5.29. The zero-order chi connectivity index (χ0) is 21.6. The second-order valence-electron chi connectivity index (χ2n) is 8.34. The van der Waals surface area contributed by atoms with E-state index in [0.29, 0.717) is 41.9 Å². The summed E-state index contributed by atoms with van der Waals surface area (Å²) >= 11 is 0. The summed E-state index contributed by atoms with van der Waals surface area (Å²) < 4.78 is 27.0. The summed E-state index contributed by atoms with van der Waals surface area (Å²) in [6.07, 6.45) is -0.295. The number of aromatic nitrogens is 2. The maximum absolute atomic E-state index is 14.7. The first-order chi connectivity index (χ1) is 14.9. The van der Waals surface area contributed by atoms with Crippen molar-refractivity contribution in [3.05, 3.63) is 61.7 Å². The third-order valence-corrected chi connectivity index (χ3v) is 6.88. The van der Waals surface area contributed by atoms with Crippen LogP contribution in [0.4, 0.5) is 4.39 Å². The van der Waals surface area contributed by atoms with Crippen LogP contribution in [-0.2, 0) is 33.8 Å². The molecule has 3 aromatic rings. The summed E-state index contributed by atoms with van der Waals surface area (Å²) in [5.41, 5.74) is 5.15. The first-order valence-electron chi connectivity index (χ1n) is 10.2. The second-order valence-corrected chi connectivity index (χ2v) is 8.34. The van der Waals surface area contributed by atoms with Gasteiger partial charge in [0, 0.05) is 29.7 Å². The number of carbonyl (C=O) groups is 1. The smallest absolute Gasteiger partial charge is 0.340 e. The van der Waals surface area contributed by atoms with Crippen LogP contribution in [0.25, 0.3) is 22.3 Å². The van der Waals surface area contributed by atoms with E-state index in [4.69, 9.17) is 14.5 Å². The van der Waals surface area contributed by atoms with E-state index in [-0.39, 0.29) is 35.2 Å². The maximum Gasteiger partial charge on any atom is 0.340 e. The molecule has 4 heterocycles. The SMILES string of the molecule is COC1CCc2c(C)c(F)cc3nc4c(c1c23)Cn1c-4cc2c(c1=O)COC(=O)C2O. The second kappa shape index (κ2) is 6.21. The van der Waals surface area contributed by atoms with Crippen molar-refractivity contribution >= 4 is 16.9 Å². The highest BCUT2D eigenvalue weighted by molar-refractivity contribution is 5.93. The van der Waals surface area contributed by atoms with Crippen LogP contribution in [0.15, 0.2) is 16.9 Å². The zero-order valence-electron chi connectivity index (χ0n) is 17.0. The highest BCUT2D eigenvalue weighted by atomic mass is 19.1. The van der Waals surface area contributed by atoms with Crippen LogP contribution in [0.1, 0.15) is 52.0 Å². The van der Waals surface area contributed by atoms with Gasteiger partial charge in [0.2, 0.25) is 0 Å². The standard InChI is InChI=1S/C23H19FN2O5/c1-9-10-3-4-17(30-2)19-12-7-26-16(20(12)25-15(18(10)19)6-14(9)24)5-11-13(22(26)28)8-31-23(29)21(11)27/h5-6,17,21,27H,3-4,7-8H2,1-2H3. The molecule has 6 rings (SSSR count). The lowest BCUT2D eigenvalue weighted by Gasteiger charge is -2.28. The van der Waals surface area contributed by atoms with E-state index < -0.39 is 12.1 Å². The molecule has 0 bridgehead atoms. The van der Waals surface area contributed by atoms with E-state index in [9.17, 15) is 19.1 Å². The zero-order valence-corrected chi connectivity index (χ0v) is 17.0. The topological polar surface area (TPSA) is 90.7 Å². The Kier molecular flexibility index (Phi) is 3.74. The van der Waals surface area contributed by atoms with Crippen LogP contribution in [0.5, 0.6) is 0 Å². The number of benzene rings is 1. The number of cyclic esters (lactones) is 1. The largest absolute Gasteiger partial charge is 0.458 e. The number of fused-ring (bicyclic) bond motifs is 5. The third-order valence-electron chi connectivity index (χ3n) is 6.88. The number of hydrogen-bond acceptors (Lipinski definition) is 6. The quantitative estimate of drug-likeness (QED) is 0.474. The van der Waals surface area contributed by atoms with Crippen LogP contribution in [0, 0.1) is 12.7 Å². The summed E-state index contributed by atoms with van der Waals surface area (Å²) in [4.78, 5) is 29.8. The minimum atomic E-state index is -1.51. The van der Waals surface area contributed by atoms with Gasteiger partial charge in [-0.1, -0.05) is 0 Å². The fourth-order valence-corrected chi connectivity index (χ4v) is 5.29. The lowest BCUT2D eigenvalue weighted by Crippen LogP contribution is -2.32. The van der Waals surface area contributed by atoms with Gasteiger partial charge in [0.25, 0.3) is 5.56 Å². The summed E-state index contributed by atoms with van der Waals surface area (Å²) in [5.74, 6) is -1.09. The number of aliphatic hydroxyl groups excluding tert-OH is 1. The van der Waals surface area contributed by atoms with Gasteiger partial charge in [-0.2, -0.15) is 0 Å². The molecular formula is C23H19FN2O5. The fraction of sp³-hybridized carbons (Fsp3) is 0.348. The predicted octanol–water partition coefficient (Wildman–Crippen LogP) is 2.60. The maximum atomic E-state index is 14.7. The minimum absolute atomic E-state index is 0.168. The molecule has 0 spiro atoms. The van der Waals surface area contributed by atoms with Gasteiger partial charge >= 0.3 is 5.97 Å². The Morgan fingerprint density at radius 2 is 2.06 bits per heavy atom. The van der Waals surface area contributed by atoms with E-state index in [1.54, 1.807) is 24.7 Å². The molecule has 3 aliphatic rings. The molecule has 158 valence electrons. The molecule has 0 saturated heterocycles. The molecule has 31 heavy (non-hydrogen) atoms. The number of aliphatic hydroxyl groups is 1. The summed E-state index contributed by atoms with van der Waals surface area (Å²) in [6.45, 7) is 1.91. The average molecular weight is 422 g/mol. The molecule has 2 atom stereocenters. The van der Waals surface area contributed by atoms with E-state index in [1.165, 1.54) is 6.07 Å². The Balaban J connectivity index is 1.70. The number of carbonyl (C=O) groups excluding carboxylic acids is 1. The molecule has 0 radical (unpaired) electrons. The Morgan fingerprint density at radius 3 is 2.84 bits per heavy atom. The Labute approximate surface area is 176 Å². The molecule has 0 amide bonds. The van der Waals surface area contributed by atoms with Gasteiger partial charge in [-0.3, -0.25) is 4.79 Å². The molecule has 0 saturated carbocycles. The van der Waals surface area contributed by atoms with Crippen molar-refractivity contribution < 1.29 is 23.8 Å². The van der Waals surface area contributed by atoms with Crippen LogP contribution in [0.2, 0.25) is 0 Å². The Bertz CT molecular complexity index is 1390. The molecule has 2 unspecified atom stereocenters. The van der Waals surface area contributed by atoms with E-state index in [0.717, 1.165) is 22.1 Å². The monoisotopic (exact) mass is 422 g/mol. The number of methoxy groups -OCH3 is 1. The number of nitrogens with zero attached hydrogens (tertiary/aromatic N) is 2. The normalized spacial score (nSPS) is 21.0. The lowest BCUT2D eigenvalue weighted by molar-refractivity contribution is -0.157. The van der Waals surface area contributed by atoms with Crippen molar-refractivity contribution in [3.63, 3.8) is 0 Å². The first kappa shape index (κ1) is 18.7. The number of rotatable bonds is 1. The molecule has 7 nitrogen and oxygen atoms in total. The number of hydrogen-bond donors (Lipinski definition) is 1. The first-order valence-corrected chi connectivity index (χ1v) is 10.2. The van der Waals surface area contributed by atoms with Crippen molar-refractivity contribution in [1.29, 1.82) is 0 Å². The van der Waals surface area contributed by atoms with Crippen molar-refractivity contribution in [1.82, 2.24) is 9.55 Å². The van der Waals surface area contributed by atoms with Gasteiger partial charge in [0.05, 0.1) is 35.1 Å². The number of esters is 1.